The largest absolute Gasteiger partial charge is 0.402 e. The maximum absolute atomic E-state index is 14.1. The van der Waals surface area contributed by atoms with Gasteiger partial charge in [0, 0.05) is 29.3 Å². The van der Waals surface area contributed by atoms with Crippen molar-refractivity contribution in [3.63, 3.8) is 0 Å². The molecule has 3 aromatic rings. The van der Waals surface area contributed by atoms with Crippen LogP contribution in [0.25, 0.3) is 0 Å². The Labute approximate surface area is 216 Å². The Morgan fingerprint density at radius 1 is 1.05 bits per heavy atom. The molecule has 1 aliphatic heterocycles. The van der Waals surface area contributed by atoms with Gasteiger partial charge in [-0.15, -0.1) is 0 Å². The lowest BCUT2D eigenvalue weighted by atomic mass is 9.78. The summed E-state index contributed by atoms with van der Waals surface area (Å²) in [6, 6.07) is 21.5. The highest BCUT2D eigenvalue weighted by molar-refractivity contribution is 6.15. The van der Waals surface area contributed by atoms with Crippen LogP contribution in [-0.2, 0) is 4.79 Å². The molecule has 0 radical (unpaired) electrons. The molecular formula is C30H31FN4O2. The van der Waals surface area contributed by atoms with Gasteiger partial charge in [-0.2, -0.15) is 0 Å². The third-order valence-electron chi connectivity index (χ3n) is 6.33. The second kappa shape index (κ2) is 11.2. The number of halogens is 1. The molecule has 37 heavy (non-hydrogen) atoms. The second-order valence-corrected chi connectivity index (χ2v) is 9.21. The van der Waals surface area contributed by atoms with Crippen molar-refractivity contribution in [2.24, 2.45) is 10.7 Å². The Kier molecular flexibility index (Phi) is 7.82. The van der Waals surface area contributed by atoms with Gasteiger partial charge in [0.05, 0.1) is 5.69 Å². The SMILES string of the molecule is CCCN1C(=O)C(NC(=O)c2cccc(C)c2)[C@@H](c2ccc(F)cc2)C(=C(C)N)C1=Nc1ccccc1. The summed E-state index contributed by atoms with van der Waals surface area (Å²) in [5, 5.41) is 2.96. The zero-order valence-electron chi connectivity index (χ0n) is 21.2. The first-order valence-corrected chi connectivity index (χ1v) is 12.3. The average molecular weight is 499 g/mol. The van der Waals surface area contributed by atoms with Crippen LogP contribution in [0.3, 0.4) is 0 Å². The van der Waals surface area contributed by atoms with Gasteiger partial charge in [-0.05, 0) is 62.2 Å². The molecule has 7 heteroatoms. The molecule has 0 saturated carbocycles. The van der Waals surface area contributed by atoms with Crippen LogP contribution < -0.4 is 11.1 Å². The summed E-state index contributed by atoms with van der Waals surface area (Å²) in [5.74, 6) is -1.29. The fraction of sp³-hybridized carbons (Fsp3) is 0.233. The molecule has 4 rings (SSSR count). The summed E-state index contributed by atoms with van der Waals surface area (Å²) in [5.41, 5.74) is 10.3. The number of aliphatic imine (C=N–C) groups is 1. The van der Waals surface area contributed by atoms with E-state index in [1.54, 1.807) is 42.2 Å². The summed E-state index contributed by atoms with van der Waals surface area (Å²) in [7, 11) is 0. The summed E-state index contributed by atoms with van der Waals surface area (Å²) in [6.45, 7) is 6.02. The van der Waals surface area contributed by atoms with Crippen molar-refractivity contribution in [3.8, 4) is 0 Å². The molecule has 1 saturated heterocycles. The van der Waals surface area contributed by atoms with Gasteiger partial charge in [0.1, 0.15) is 17.7 Å². The van der Waals surface area contributed by atoms with Crippen molar-refractivity contribution >= 4 is 23.3 Å². The van der Waals surface area contributed by atoms with Crippen molar-refractivity contribution in [1.29, 1.82) is 0 Å². The summed E-state index contributed by atoms with van der Waals surface area (Å²) < 4.78 is 13.9. The van der Waals surface area contributed by atoms with Crippen LogP contribution in [0.15, 0.2) is 95.1 Å². The number of benzene rings is 3. The average Bonchev–Trinajstić information content (AvgIpc) is 2.88. The number of rotatable bonds is 6. The lowest BCUT2D eigenvalue weighted by Crippen LogP contribution is -2.59. The number of hydrogen-bond donors (Lipinski definition) is 2. The van der Waals surface area contributed by atoms with E-state index in [4.69, 9.17) is 10.7 Å². The number of allylic oxidation sites excluding steroid dienone is 1. The van der Waals surface area contributed by atoms with Crippen molar-refractivity contribution < 1.29 is 14.0 Å². The van der Waals surface area contributed by atoms with Crippen LogP contribution in [0.5, 0.6) is 0 Å². The van der Waals surface area contributed by atoms with Crippen LogP contribution in [0.1, 0.15) is 47.7 Å². The van der Waals surface area contributed by atoms with Crippen LogP contribution in [-0.4, -0.2) is 35.1 Å². The second-order valence-electron chi connectivity index (χ2n) is 9.21. The minimum absolute atomic E-state index is 0.295. The number of hydrogen-bond acceptors (Lipinski definition) is 4. The standard InChI is InChI=1S/C30H31FN4O2/c1-4-17-35-28(33-24-11-6-5-7-12-24)25(20(3)32)26(21-13-15-23(31)16-14-21)27(30(35)37)34-29(36)22-10-8-9-19(2)18-22/h5-16,18,26-27H,4,17,32H2,1-3H3,(H,34,36)/t26-,27?/m0/s1. The molecule has 2 atom stereocenters. The molecule has 0 bridgehead atoms. The van der Waals surface area contributed by atoms with Gasteiger partial charge in [-0.1, -0.05) is 55.0 Å². The minimum Gasteiger partial charge on any atom is -0.402 e. The van der Waals surface area contributed by atoms with Gasteiger partial charge in [0.2, 0.25) is 0 Å². The third-order valence-corrected chi connectivity index (χ3v) is 6.33. The Hall–Kier alpha value is -4.26. The minimum atomic E-state index is -0.965. The molecular weight excluding hydrogens is 467 g/mol. The Morgan fingerprint density at radius 2 is 1.76 bits per heavy atom. The molecule has 1 unspecified atom stereocenters. The van der Waals surface area contributed by atoms with Crippen molar-refractivity contribution in [2.75, 3.05) is 6.54 Å². The van der Waals surface area contributed by atoms with E-state index in [-0.39, 0.29) is 11.8 Å². The highest BCUT2D eigenvalue weighted by atomic mass is 19.1. The van der Waals surface area contributed by atoms with E-state index in [1.165, 1.54) is 12.1 Å². The molecule has 1 aliphatic rings. The number of aryl methyl sites for hydroxylation is 1. The molecule has 1 fully saturated rings. The first kappa shape index (κ1) is 25.8. The molecule has 3 N–H and O–H groups in total. The van der Waals surface area contributed by atoms with E-state index in [2.05, 4.69) is 5.32 Å². The number of amides is 2. The smallest absolute Gasteiger partial charge is 0.251 e. The Bertz CT molecular complexity index is 1350. The normalized spacial score (nSPS) is 20.2. The van der Waals surface area contributed by atoms with E-state index in [9.17, 15) is 14.0 Å². The van der Waals surface area contributed by atoms with Crippen molar-refractivity contribution in [3.05, 3.63) is 113 Å². The van der Waals surface area contributed by atoms with E-state index in [0.29, 0.717) is 46.9 Å². The van der Waals surface area contributed by atoms with Crippen molar-refractivity contribution in [2.45, 2.75) is 39.2 Å². The number of carbonyl (C=O) groups is 2. The number of nitrogens with one attached hydrogen (secondary N) is 1. The van der Waals surface area contributed by atoms with Gasteiger partial charge in [0.15, 0.2) is 0 Å². The highest BCUT2D eigenvalue weighted by Crippen LogP contribution is 2.37. The van der Waals surface area contributed by atoms with E-state index in [0.717, 1.165) is 5.56 Å². The fourth-order valence-corrected chi connectivity index (χ4v) is 4.66. The monoisotopic (exact) mass is 498 g/mol. The van der Waals surface area contributed by atoms with Gasteiger partial charge < -0.3 is 11.1 Å². The number of piperidine rings is 1. The molecule has 0 aromatic heterocycles. The molecule has 3 aromatic carbocycles. The van der Waals surface area contributed by atoms with Crippen LogP contribution in [0.4, 0.5) is 10.1 Å². The summed E-state index contributed by atoms with van der Waals surface area (Å²) in [4.78, 5) is 33.8. The van der Waals surface area contributed by atoms with Gasteiger partial charge in [0.25, 0.3) is 11.8 Å². The van der Waals surface area contributed by atoms with Gasteiger partial charge in [-0.25, -0.2) is 9.38 Å². The summed E-state index contributed by atoms with van der Waals surface area (Å²) >= 11 is 0. The molecule has 0 aliphatic carbocycles. The predicted molar refractivity (Wildman–Crippen MR) is 144 cm³/mol. The van der Waals surface area contributed by atoms with E-state index in [1.807, 2.05) is 50.2 Å². The molecule has 0 spiro atoms. The third kappa shape index (κ3) is 5.61. The lowest BCUT2D eigenvalue weighted by molar-refractivity contribution is -0.130. The van der Waals surface area contributed by atoms with Gasteiger partial charge >= 0.3 is 0 Å². The molecule has 190 valence electrons. The number of nitrogens with zero attached hydrogens (tertiary/aromatic N) is 2. The van der Waals surface area contributed by atoms with Crippen LogP contribution in [0.2, 0.25) is 0 Å². The first-order valence-electron chi connectivity index (χ1n) is 12.3. The number of likely N-dealkylation sites (tertiary alicyclic amines) is 1. The summed E-state index contributed by atoms with van der Waals surface area (Å²) in [6.07, 6.45) is 0.677. The lowest BCUT2D eigenvalue weighted by Gasteiger charge is -2.41. The van der Waals surface area contributed by atoms with E-state index < -0.39 is 17.8 Å². The molecule has 6 nitrogen and oxygen atoms in total. The van der Waals surface area contributed by atoms with Crippen molar-refractivity contribution in [1.82, 2.24) is 10.2 Å². The first-order chi connectivity index (χ1) is 17.8. The number of amidine groups is 1. The highest BCUT2D eigenvalue weighted by Gasteiger charge is 2.45. The molecule has 1 heterocycles. The zero-order valence-corrected chi connectivity index (χ0v) is 21.2. The predicted octanol–water partition coefficient (Wildman–Crippen LogP) is 5.23. The zero-order chi connectivity index (χ0) is 26.5. The van der Waals surface area contributed by atoms with Crippen LogP contribution in [0, 0.1) is 12.7 Å². The number of carbonyl (C=O) groups excluding carboxylic acids is 2. The maximum atomic E-state index is 14.1. The Balaban J connectivity index is 1.89. The number of nitrogens with two attached hydrogens (primary N) is 1. The topological polar surface area (TPSA) is 87.8 Å². The Morgan fingerprint density at radius 3 is 2.38 bits per heavy atom. The van der Waals surface area contributed by atoms with E-state index >= 15 is 0 Å². The quantitative estimate of drug-likeness (QED) is 0.488. The maximum Gasteiger partial charge on any atom is 0.251 e. The fourth-order valence-electron chi connectivity index (χ4n) is 4.66. The number of para-hydroxylation sites is 1. The van der Waals surface area contributed by atoms with Gasteiger partial charge in [-0.3, -0.25) is 14.5 Å². The molecule has 2 amide bonds. The van der Waals surface area contributed by atoms with Crippen LogP contribution >= 0.6 is 0 Å².